The minimum atomic E-state index is -3.64. The lowest BCUT2D eigenvalue weighted by atomic mass is 9.86. The van der Waals surface area contributed by atoms with E-state index in [1.165, 1.54) is 12.5 Å². The quantitative estimate of drug-likeness (QED) is 0.772. The minimum absolute atomic E-state index is 0.137. The van der Waals surface area contributed by atoms with Gasteiger partial charge < -0.3 is 10.1 Å². The zero-order valence-corrected chi connectivity index (χ0v) is 15.3. The highest BCUT2D eigenvalue weighted by atomic mass is 35.5. The van der Waals surface area contributed by atoms with E-state index in [-0.39, 0.29) is 4.90 Å². The van der Waals surface area contributed by atoms with Crippen LogP contribution in [0.3, 0.4) is 0 Å². The number of halogens is 1. The Morgan fingerprint density at radius 1 is 1.21 bits per heavy atom. The lowest BCUT2D eigenvalue weighted by Gasteiger charge is -2.26. The van der Waals surface area contributed by atoms with E-state index in [9.17, 15) is 8.42 Å². The Morgan fingerprint density at radius 3 is 2.67 bits per heavy atom. The largest absolute Gasteiger partial charge is 0.492 e. The van der Waals surface area contributed by atoms with E-state index in [1.54, 1.807) is 12.1 Å². The Morgan fingerprint density at radius 2 is 2.00 bits per heavy atom. The van der Waals surface area contributed by atoms with Gasteiger partial charge in [-0.1, -0.05) is 18.0 Å². The zero-order chi connectivity index (χ0) is 17.0. The summed E-state index contributed by atoms with van der Waals surface area (Å²) in [6.07, 6.45) is 5.66. The fourth-order valence-electron chi connectivity index (χ4n) is 3.08. The SMILES string of the molecule is O=S(=O)(NCC1CCCNC1)c1cc(Cl)ccc1OCC1CCC1. The van der Waals surface area contributed by atoms with Gasteiger partial charge in [0.25, 0.3) is 0 Å². The molecule has 0 bridgehead atoms. The molecule has 2 N–H and O–H groups in total. The average molecular weight is 373 g/mol. The second-order valence-electron chi connectivity index (χ2n) is 6.76. The summed E-state index contributed by atoms with van der Waals surface area (Å²) in [6.45, 7) is 2.86. The third-order valence-corrected chi connectivity index (χ3v) is 6.54. The Kier molecular flexibility index (Phi) is 6.02. The van der Waals surface area contributed by atoms with E-state index >= 15 is 0 Å². The van der Waals surface area contributed by atoms with Gasteiger partial charge in [0, 0.05) is 11.6 Å². The molecule has 5 nitrogen and oxygen atoms in total. The normalized spacial score (nSPS) is 22.1. The smallest absolute Gasteiger partial charge is 0.244 e. The lowest BCUT2D eigenvalue weighted by Crippen LogP contribution is -2.38. The molecule has 1 atom stereocenters. The van der Waals surface area contributed by atoms with E-state index in [0.717, 1.165) is 38.8 Å². The van der Waals surface area contributed by atoms with Crippen LogP contribution in [0.5, 0.6) is 5.75 Å². The molecule has 1 saturated heterocycles. The first-order valence-electron chi connectivity index (χ1n) is 8.67. The van der Waals surface area contributed by atoms with Gasteiger partial charge in [-0.3, -0.25) is 0 Å². The summed E-state index contributed by atoms with van der Waals surface area (Å²) in [5, 5.41) is 3.69. The third-order valence-electron chi connectivity index (χ3n) is 4.86. The maximum absolute atomic E-state index is 12.7. The van der Waals surface area contributed by atoms with E-state index in [4.69, 9.17) is 16.3 Å². The fraction of sp³-hybridized carbons (Fsp3) is 0.647. The highest BCUT2D eigenvalue weighted by Crippen LogP contribution is 2.31. The number of hydrogen-bond acceptors (Lipinski definition) is 4. The van der Waals surface area contributed by atoms with Crippen molar-refractivity contribution in [3.05, 3.63) is 23.2 Å². The van der Waals surface area contributed by atoms with Gasteiger partial charge in [-0.15, -0.1) is 0 Å². The van der Waals surface area contributed by atoms with Crippen LogP contribution in [0.4, 0.5) is 0 Å². The van der Waals surface area contributed by atoms with Crippen LogP contribution in [-0.2, 0) is 10.0 Å². The van der Waals surface area contributed by atoms with Crippen molar-refractivity contribution in [2.24, 2.45) is 11.8 Å². The van der Waals surface area contributed by atoms with Crippen molar-refractivity contribution >= 4 is 21.6 Å². The van der Waals surface area contributed by atoms with Crippen LogP contribution in [0.1, 0.15) is 32.1 Å². The van der Waals surface area contributed by atoms with E-state index in [0.29, 0.717) is 35.8 Å². The van der Waals surface area contributed by atoms with Crippen LogP contribution < -0.4 is 14.8 Å². The number of rotatable bonds is 7. The van der Waals surface area contributed by atoms with Crippen molar-refractivity contribution in [3.63, 3.8) is 0 Å². The van der Waals surface area contributed by atoms with E-state index < -0.39 is 10.0 Å². The third kappa shape index (κ3) is 4.63. The molecule has 1 heterocycles. The standard InChI is InChI=1S/C17H25ClN2O3S/c18-15-6-7-16(23-12-13-3-1-4-13)17(9-15)24(21,22)20-11-14-5-2-8-19-10-14/h6-7,9,13-14,19-20H,1-5,8,10-12H2. The molecule has 1 aromatic rings. The summed E-state index contributed by atoms with van der Waals surface area (Å²) in [5.74, 6) is 1.25. The molecular weight excluding hydrogens is 348 g/mol. The summed E-state index contributed by atoms with van der Waals surface area (Å²) in [4.78, 5) is 0.137. The maximum Gasteiger partial charge on any atom is 0.244 e. The molecule has 1 aromatic carbocycles. The fourth-order valence-corrected chi connectivity index (χ4v) is 4.60. The van der Waals surface area contributed by atoms with Crippen molar-refractivity contribution in [3.8, 4) is 5.75 Å². The van der Waals surface area contributed by atoms with Crippen LogP contribution in [0.25, 0.3) is 0 Å². The Balaban J connectivity index is 1.68. The first-order valence-corrected chi connectivity index (χ1v) is 10.5. The van der Waals surface area contributed by atoms with Gasteiger partial charge in [-0.25, -0.2) is 13.1 Å². The van der Waals surface area contributed by atoms with Crippen LogP contribution in [0.2, 0.25) is 5.02 Å². The van der Waals surface area contributed by atoms with Gasteiger partial charge in [0.05, 0.1) is 6.61 Å². The summed E-state index contributed by atoms with van der Waals surface area (Å²) >= 11 is 6.02. The average Bonchev–Trinajstić information content (AvgIpc) is 2.54. The molecule has 0 amide bonds. The van der Waals surface area contributed by atoms with Crippen LogP contribution in [0.15, 0.2) is 23.1 Å². The summed E-state index contributed by atoms with van der Waals surface area (Å²) in [6, 6.07) is 4.79. The minimum Gasteiger partial charge on any atom is -0.492 e. The second-order valence-corrected chi connectivity index (χ2v) is 8.94. The summed E-state index contributed by atoms with van der Waals surface area (Å²) < 4.78 is 33.9. The number of ether oxygens (including phenoxy) is 1. The van der Waals surface area contributed by atoms with E-state index in [1.807, 2.05) is 0 Å². The van der Waals surface area contributed by atoms with Gasteiger partial charge in [-0.05, 0) is 68.8 Å². The predicted octanol–water partition coefficient (Wildman–Crippen LogP) is 2.80. The molecule has 1 unspecified atom stereocenters. The monoisotopic (exact) mass is 372 g/mol. The van der Waals surface area contributed by atoms with Gasteiger partial charge in [0.2, 0.25) is 10.0 Å². The molecule has 2 fully saturated rings. The number of nitrogens with one attached hydrogen (secondary N) is 2. The highest BCUT2D eigenvalue weighted by Gasteiger charge is 2.24. The molecular formula is C17H25ClN2O3S. The molecule has 1 aliphatic heterocycles. The van der Waals surface area contributed by atoms with Crippen LogP contribution in [0, 0.1) is 11.8 Å². The second kappa shape index (κ2) is 8.04. The number of benzene rings is 1. The van der Waals surface area contributed by atoms with Gasteiger partial charge in [-0.2, -0.15) is 0 Å². The van der Waals surface area contributed by atoms with Crippen molar-refractivity contribution in [1.82, 2.24) is 10.0 Å². The maximum atomic E-state index is 12.7. The molecule has 0 aromatic heterocycles. The molecule has 3 rings (SSSR count). The van der Waals surface area contributed by atoms with Gasteiger partial charge in [0.15, 0.2) is 0 Å². The van der Waals surface area contributed by atoms with E-state index in [2.05, 4.69) is 10.0 Å². The molecule has 1 saturated carbocycles. The van der Waals surface area contributed by atoms with Crippen LogP contribution in [-0.4, -0.2) is 34.7 Å². The molecule has 7 heteroatoms. The molecule has 134 valence electrons. The molecule has 0 radical (unpaired) electrons. The number of sulfonamides is 1. The Hall–Kier alpha value is -0.820. The van der Waals surface area contributed by atoms with Crippen molar-refractivity contribution in [2.75, 3.05) is 26.2 Å². The predicted molar refractivity (Wildman–Crippen MR) is 95.1 cm³/mol. The van der Waals surface area contributed by atoms with Crippen molar-refractivity contribution < 1.29 is 13.2 Å². The molecule has 0 spiro atoms. The van der Waals surface area contributed by atoms with Gasteiger partial charge >= 0.3 is 0 Å². The Labute approximate surface area is 149 Å². The molecule has 1 aliphatic carbocycles. The first kappa shape index (κ1) is 18.0. The zero-order valence-electron chi connectivity index (χ0n) is 13.8. The van der Waals surface area contributed by atoms with Gasteiger partial charge in [0.1, 0.15) is 10.6 Å². The molecule has 2 aliphatic rings. The highest BCUT2D eigenvalue weighted by molar-refractivity contribution is 7.89. The molecule has 24 heavy (non-hydrogen) atoms. The van der Waals surface area contributed by atoms with Crippen LogP contribution >= 0.6 is 11.6 Å². The first-order chi connectivity index (χ1) is 11.5. The number of hydrogen-bond donors (Lipinski definition) is 2. The number of piperidine rings is 1. The van der Waals surface area contributed by atoms with Crippen molar-refractivity contribution in [1.29, 1.82) is 0 Å². The Bertz CT molecular complexity index is 656. The lowest BCUT2D eigenvalue weighted by molar-refractivity contribution is 0.177. The van der Waals surface area contributed by atoms with Crippen molar-refractivity contribution in [2.45, 2.75) is 37.0 Å². The summed E-state index contributed by atoms with van der Waals surface area (Å²) in [7, 11) is -3.64. The topological polar surface area (TPSA) is 67.4 Å². The summed E-state index contributed by atoms with van der Waals surface area (Å²) in [5.41, 5.74) is 0.